The van der Waals surface area contributed by atoms with Crippen molar-refractivity contribution in [2.45, 2.75) is 0 Å². The molecule has 0 N–H and O–H groups in total. The van der Waals surface area contributed by atoms with Gasteiger partial charge in [0.05, 0.1) is 12.5 Å². The fourth-order valence-corrected chi connectivity index (χ4v) is 3.02. The zero-order valence-corrected chi connectivity index (χ0v) is 13.5. The van der Waals surface area contributed by atoms with Crippen LogP contribution in [0.25, 0.3) is 21.7 Å². The summed E-state index contributed by atoms with van der Waals surface area (Å²) >= 11 is 0. The van der Waals surface area contributed by atoms with Crippen molar-refractivity contribution in [2.24, 2.45) is 0 Å². The number of methoxy groups -OCH3 is 1. The summed E-state index contributed by atoms with van der Waals surface area (Å²) in [5.74, 6) is 0.187. The minimum Gasteiger partial charge on any atom is -0.496 e. The molecule has 0 spiro atoms. The van der Waals surface area contributed by atoms with E-state index in [2.05, 4.69) is 0 Å². The molecule has 0 amide bonds. The summed E-state index contributed by atoms with van der Waals surface area (Å²) in [7, 11) is 1.53. The van der Waals surface area contributed by atoms with Crippen LogP contribution in [-0.2, 0) is 0 Å². The maximum atomic E-state index is 13.0. The first-order valence-electron chi connectivity index (χ1n) is 7.82. The highest BCUT2D eigenvalue weighted by Gasteiger charge is 2.19. The maximum Gasteiger partial charge on any atom is 0.347 e. The molecule has 122 valence electrons. The molecule has 4 heteroatoms. The van der Waals surface area contributed by atoms with Crippen LogP contribution in [0, 0.1) is 0 Å². The van der Waals surface area contributed by atoms with E-state index in [4.69, 9.17) is 9.15 Å². The predicted molar refractivity (Wildman–Crippen MR) is 96.4 cm³/mol. The topological polar surface area (TPSA) is 56.5 Å². The Balaban J connectivity index is 1.96. The quantitative estimate of drug-likeness (QED) is 0.417. The third-order valence-corrected chi connectivity index (χ3v) is 4.24. The van der Waals surface area contributed by atoms with Crippen LogP contribution in [0.5, 0.6) is 5.75 Å². The molecule has 1 aromatic heterocycles. The Hall–Kier alpha value is -3.40. The van der Waals surface area contributed by atoms with Gasteiger partial charge in [-0.25, -0.2) is 4.79 Å². The number of rotatable bonds is 3. The summed E-state index contributed by atoms with van der Waals surface area (Å²) in [5.41, 5.74) is 0.200. The molecule has 4 rings (SSSR count). The standard InChI is InChI=1S/C21H14O4/c1-24-18-10-5-11-19-16(18)12-17(21(23)25-19)20(22)15-9-4-7-13-6-2-3-8-14(13)15/h2-12H,1H3. The van der Waals surface area contributed by atoms with E-state index >= 15 is 0 Å². The number of benzene rings is 3. The van der Waals surface area contributed by atoms with E-state index in [9.17, 15) is 9.59 Å². The summed E-state index contributed by atoms with van der Waals surface area (Å²) in [5, 5.41) is 2.33. The van der Waals surface area contributed by atoms with E-state index in [1.165, 1.54) is 7.11 Å². The van der Waals surface area contributed by atoms with Crippen molar-refractivity contribution in [2.75, 3.05) is 7.11 Å². The smallest absolute Gasteiger partial charge is 0.347 e. The molecule has 0 fully saturated rings. The number of hydrogen-bond donors (Lipinski definition) is 0. The summed E-state index contributed by atoms with van der Waals surface area (Å²) < 4.78 is 10.6. The Kier molecular flexibility index (Phi) is 3.58. The van der Waals surface area contributed by atoms with Crippen LogP contribution < -0.4 is 10.4 Å². The zero-order chi connectivity index (χ0) is 17.4. The van der Waals surface area contributed by atoms with Crippen molar-refractivity contribution in [3.05, 3.63) is 88.3 Å². The Labute approximate surface area is 143 Å². The van der Waals surface area contributed by atoms with Crippen LogP contribution in [0.4, 0.5) is 0 Å². The first-order chi connectivity index (χ1) is 12.2. The van der Waals surface area contributed by atoms with E-state index in [0.29, 0.717) is 22.3 Å². The highest BCUT2D eigenvalue weighted by molar-refractivity contribution is 6.17. The van der Waals surface area contributed by atoms with E-state index in [1.807, 2.05) is 30.3 Å². The highest BCUT2D eigenvalue weighted by atomic mass is 16.5. The molecular weight excluding hydrogens is 316 g/mol. The minimum atomic E-state index is -0.654. The molecule has 0 saturated carbocycles. The van der Waals surface area contributed by atoms with Crippen LogP contribution in [0.15, 0.2) is 75.9 Å². The van der Waals surface area contributed by atoms with Crippen LogP contribution in [0.3, 0.4) is 0 Å². The Bertz CT molecular complexity index is 1170. The van der Waals surface area contributed by atoms with E-state index < -0.39 is 5.63 Å². The highest BCUT2D eigenvalue weighted by Crippen LogP contribution is 2.26. The van der Waals surface area contributed by atoms with Gasteiger partial charge in [-0.2, -0.15) is 0 Å². The Morgan fingerprint density at radius 2 is 1.64 bits per heavy atom. The number of ketones is 1. The van der Waals surface area contributed by atoms with Gasteiger partial charge in [0.15, 0.2) is 0 Å². The molecular formula is C21H14O4. The molecule has 0 aliphatic carbocycles. The van der Waals surface area contributed by atoms with Gasteiger partial charge in [0, 0.05) is 5.56 Å². The second-order valence-electron chi connectivity index (χ2n) is 5.68. The Morgan fingerprint density at radius 3 is 2.48 bits per heavy atom. The maximum absolute atomic E-state index is 13.0. The molecule has 0 bridgehead atoms. The zero-order valence-electron chi connectivity index (χ0n) is 13.5. The number of fused-ring (bicyclic) bond motifs is 2. The van der Waals surface area contributed by atoms with Gasteiger partial charge < -0.3 is 9.15 Å². The predicted octanol–water partition coefficient (Wildman–Crippen LogP) is 4.19. The third-order valence-electron chi connectivity index (χ3n) is 4.24. The van der Waals surface area contributed by atoms with Crippen molar-refractivity contribution in [3.63, 3.8) is 0 Å². The van der Waals surface area contributed by atoms with Crippen molar-refractivity contribution in [1.29, 1.82) is 0 Å². The van der Waals surface area contributed by atoms with E-state index in [0.717, 1.165) is 10.8 Å². The lowest BCUT2D eigenvalue weighted by molar-refractivity contribution is 0.103. The largest absolute Gasteiger partial charge is 0.496 e. The first kappa shape index (κ1) is 15.1. The summed E-state index contributed by atoms with van der Waals surface area (Å²) in [6.45, 7) is 0. The van der Waals surface area contributed by atoms with Crippen molar-refractivity contribution in [3.8, 4) is 5.75 Å². The van der Waals surface area contributed by atoms with Crippen molar-refractivity contribution in [1.82, 2.24) is 0 Å². The van der Waals surface area contributed by atoms with Gasteiger partial charge in [0.2, 0.25) is 5.78 Å². The van der Waals surface area contributed by atoms with Gasteiger partial charge in [0.1, 0.15) is 16.9 Å². The molecule has 0 atom stereocenters. The second-order valence-corrected chi connectivity index (χ2v) is 5.68. The number of carbonyl (C=O) groups excluding carboxylic acids is 1. The molecule has 25 heavy (non-hydrogen) atoms. The van der Waals surface area contributed by atoms with Gasteiger partial charge >= 0.3 is 5.63 Å². The monoisotopic (exact) mass is 330 g/mol. The van der Waals surface area contributed by atoms with Gasteiger partial charge in [-0.15, -0.1) is 0 Å². The lowest BCUT2D eigenvalue weighted by atomic mass is 9.97. The van der Waals surface area contributed by atoms with E-state index in [-0.39, 0.29) is 11.3 Å². The minimum absolute atomic E-state index is 0.00615. The van der Waals surface area contributed by atoms with Gasteiger partial charge in [-0.05, 0) is 29.0 Å². The molecule has 1 heterocycles. The molecule has 0 saturated heterocycles. The fraction of sp³-hybridized carbons (Fsp3) is 0.0476. The van der Waals surface area contributed by atoms with Crippen LogP contribution >= 0.6 is 0 Å². The van der Waals surface area contributed by atoms with E-state index in [1.54, 1.807) is 36.4 Å². The van der Waals surface area contributed by atoms with Crippen LogP contribution in [0.1, 0.15) is 15.9 Å². The molecule has 0 unspecified atom stereocenters. The molecule has 4 nitrogen and oxygen atoms in total. The average molecular weight is 330 g/mol. The first-order valence-corrected chi connectivity index (χ1v) is 7.82. The number of carbonyl (C=O) groups is 1. The normalized spacial score (nSPS) is 10.9. The Morgan fingerprint density at radius 1 is 0.880 bits per heavy atom. The SMILES string of the molecule is COc1cccc2oc(=O)c(C(=O)c3cccc4ccccc34)cc12. The summed E-state index contributed by atoms with van der Waals surface area (Å²) in [6, 6.07) is 19.7. The van der Waals surface area contributed by atoms with Gasteiger partial charge in [-0.3, -0.25) is 4.79 Å². The average Bonchev–Trinajstić information content (AvgIpc) is 2.66. The third kappa shape index (κ3) is 2.48. The van der Waals surface area contributed by atoms with Crippen molar-refractivity contribution >= 4 is 27.5 Å². The fourth-order valence-electron chi connectivity index (χ4n) is 3.02. The second kappa shape index (κ2) is 5.91. The molecule has 4 aromatic rings. The van der Waals surface area contributed by atoms with Gasteiger partial charge in [-0.1, -0.05) is 48.5 Å². The van der Waals surface area contributed by atoms with Crippen molar-refractivity contribution < 1.29 is 13.9 Å². The number of hydrogen-bond acceptors (Lipinski definition) is 4. The lowest BCUT2D eigenvalue weighted by Gasteiger charge is -2.08. The molecule has 3 aromatic carbocycles. The van der Waals surface area contributed by atoms with Crippen LogP contribution in [0.2, 0.25) is 0 Å². The summed E-state index contributed by atoms with van der Waals surface area (Å²) in [4.78, 5) is 25.4. The molecule has 0 radical (unpaired) electrons. The lowest BCUT2D eigenvalue weighted by Crippen LogP contribution is -2.15. The number of ether oxygens (including phenoxy) is 1. The summed E-state index contributed by atoms with van der Waals surface area (Å²) in [6.07, 6.45) is 0. The van der Waals surface area contributed by atoms with Gasteiger partial charge in [0.25, 0.3) is 0 Å². The molecule has 0 aliphatic heterocycles. The van der Waals surface area contributed by atoms with Crippen LogP contribution in [-0.4, -0.2) is 12.9 Å². The molecule has 0 aliphatic rings.